The molecule has 1 saturated heterocycles. The first-order chi connectivity index (χ1) is 10.9. The number of aromatic nitrogens is 2. The molecule has 0 bridgehead atoms. The smallest absolute Gasteiger partial charge is 0.224 e. The van der Waals surface area contributed by atoms with Gasteiger partial charge in [-0.25, -0.2) is 4.98 Å². The molecular formula is C17H21N5. The van der Waals surface area contributed by atoms with Gasteiger partial charge in [0.25, 0.3) is 0 Å². The van der Waals surface area contributed by atoms with Gasteiger partial charge in [0.15, 0.2) is 0 Å². The SMILES string of the molecule is c1ccc(N2CCN(c3ccnc(NC4CC4)n3)CC2)cc1. The van der Waals surface area contributed by atoms with Crippen molar-refractivity contribution < 1.29 is 0 Å². The maximum atomic E-state index is 4.66. The van der Waals surface area contributed by atoms with Gasteiger partial charge in [0.1, 0.15) is 5.82 Å². The second-order valence-electron chi connectivity index (χ2n) is 5.97. The molecule has 0 amide bonds. The summed E-state index contributed by atoms with van der Waals surface area (Å²) >= 11 is 0. The Balaban J connectivity index is 1.40. The number of piperazine rings is 1. The normalized spacial score (nSPS) is 18.4. The summed E-state index contributed by atoms with van der Waals surface area (Å²) in [5, 5.41) is 3.37. The zero-order valence-corrected chi connectivity index (χ0v) is 12.7. The summed E-state index contributed by atoms with van der Waals surface area (Å²) in [6, 6.07) is 13.2. The molecule has 0 atom stereocenters. The molecule has 114 valence electrons. The van der Waals surface area contributed by atoms with Crippen LogP contribution in [0.4, 0.5) is 17.5 Å². The summed E-state index contributed by atoms with van der Waals surface area (Å²) in [5.74, 6) is 1.80. The molecule has 2 fully saturated rings. The lowest BCUT2D eigenvalue weighted by atomic mass is 10.2. The molecule has 5 heteroatoms. The van der Waals surface area contributed by atoms with E-state index in [-0.39, 0.29) is 0 Å². The van der Waals surface area contributed by atoms with E-state index in [2.05, 4.69) is 55.4 Å². The molecule has 2 aromatic rings. The molecule has 1 saturated carbocycles. The fourth-order valence-electron chi connectivity index (χ4n) is 2.84. The summed E-state index contributed by atoms with van der Waals surface area (Å²) in [7, 11) is 0. The number of para-hydroxylation sites is 1. The molecule has 1 aliphatic carbocycles. The largest absolute Gasteiger partial charge is 0.368 e. The number of rotatable bonds is 4. The Kier molecular flexibility index (Phi) is 3.54. The van der Waals surface area contributed by atoms with E-state index in [0.717, 1.165) is 37.9 Å². The molecule has 0 unspecified atom stereocenters. The van der Waals surface area contributed by atoms with Crippen molar-refractivity contribution in [3.05, 3.63) is 42.6 Å². The summed E-state index contributed by atoms with van der Waals surface area (Å²) in [6.45, 7) is 4.04. The second kappa shape index (κ2) is 5.83. The van der Waals surface area contributed by atoms with Crippen molar-refractivity contribution in [2.75, 3.05) is 41.3 Å². The van der Waals surface area contributed by atoms with E-state index in [1.165, 1.54) is 18.5 Å². The third kappa shape index (κ3) is 2.98. The van der Waals surface area contributed by atoms with Gasteiger partial charge in [-0.05, 0) is 31.0 Å². The first-order valence-electron chi connectivity index (χ1n) is 8.03. The number of benzene rings is 1. The number of hydrogen-bond donors (Lipinski definition) is 1. The fourth-order valence-corrected chi connectivity index (χ4v) is 2.84. The Morgan fingerprint density at radius 2 is 1.64 bits per heavy atom. The van der Waals surface area contributed by atoms with Crippen LogP contribution in [0, 0.1) is 0 Å². The minimum absolute atomic E-state index is 0.588. The summed E-state index contributed by atoms with van der Waals surface area (Å²) < 4.78 is 0. The van der Waals surface area contributed by atoms with Gasteiger partial charge < -0.3 is 15.1 Å². The Labute approximate surface area is 131 Å². The van der Waals surface area contributed by atoms with Crippen LogP contribution in [0.25, 0.3) is 0 Å². The highest BCUT2D eigenvalue weighted by molar-refractivity contribution is 5.50. The molecule has 5 nitrogen and oxygen atoms in total. The molecule has 1 aliphatic heterocycles. The lowest BCUT2D eigenvalue weighted by Gasteiger charge is -2.36. The maximum Gasteiger partial charge on any atom is 0.224 e. The van der Waals surface area contributed by atoms with Gasteiger partial charge in [-0.3, -0.25) is 0 Å². The first kappa shape index (κ1) is 13.4. The molecular weight excluding hydrogens is 274 g/mol. The Morgan fingerprint density at radius 3 is 2.36 bits per heavy atom. The van der Waals surface area contributed by atoms with Crippen LogP contribution < -0.4 is 15.1 Å². The highest BCUT2D eigenvalue weighted by atomic mass is 15.3. The molecule has 4 rings (SSSR count). The standard InChI is InChI=1S/C17H21N5/c1-2-4-15(5-3-1)21-10-12-22(13-11-21)16-8-9-18-17(20-16)19-14-6-7-14/h1-5,8-9,14H,6-7,10-13H2,(H,18,19,20). The highest BCUT2D eigenvalue weighted by Crippen LogP contribution is 2.24. The van der Waals surface area contributed by atoms with Gasteiger partial charge in [-0.15, -0.1) is 0 Å². The van der Waals surface area contributed by atoms with Crippen molar-refractivity contribution in [3.63, 3.8) is 0 Å². The first-order valence-corrected chi connectivity index (χ1v) is 8.03. The van der Waals surface area contributed by atoms with E-state index in [1.54, 1.807) is 0 Å². The zero-order valence-electron chi connectivity index (χ0n) is 12.7. The van der Waals surface area contributed by atoms with Crippen molar-refractivity contribution >= 4 is 17.5 Å². The summed E-state index contributed by atoms with van der Waals surface area (Å²) in [4.78, 5) is 13.8. The molecule has 0 spiro atoms. The van der Waals surface area contributed by atoms with Crippen LogP contribution >= 0.6 is 0 Å². The van der Waals surface area contributed by atoms with Crippen LogP contribution in [-0.4, -0.2) is 42.2 Å². The molecule has 2 aliphatic rings. The lowest BCUT2D eigenvalue weighted by molar-refractivity contribution is 0.647. The molecule has 1 N–H and O–H groups in total. The number of nitrogens with zero attached hydrogens (tertiary/aromatic N) is 4. The third-order valence-corrected chi connectivity index (χ3v) is 4.28. The lowest BCUT2D eigenvalue weighted by Crippen LogP contribution is -2.46. The van der Waals surface area contributed by atoms with E-state index in [0.29, 0.717) is 6.04 Å². The van der Waals surface area contributed by atoms with Crippen molar-refractivity contribution in [1.82, 2.24) is 9.97 Å². The average molecular weight is 295 g/mol. The Hall–Kier alpha value is -2.30. The van der Waals surface area contributed by atoms with Crippen molar-refractivity contribution in [1.29, 1.82) is 0 Å². The van der Waals surface area contributed by atoms with Crippen LogP contribution in [0.3, 0.4) is 0 Å². The summed E-state index contributed by atoms with van der Waals surface area (Å²) in [6.07, 6.45) is 4.34. The Morgan fingerprint density at radius 1 is 0.909 bits per heavy atom. The summed E-state index contributed by atoms with van der Waals surface area (Å²) in [5.41, 5.74) is 1.31. The zero-order chi connectivity index (χ0) is 14.8. The molecule has 2 heterocycles. The van der Waals surface area contributed by atoms with Gasteiger partial charge in [-0.2, -0.15) is 4.98 Å². The second-order valence-corrected chi connectivity index (χ2v) is 5.97. The fraction of sp³-hybridized carbons (Fsp3) is 0.412. The molecule has 1 aromatic carbocycles. The minimum atomic E-state index is 0.588. The third-order valence-electron chi connectivity index (χ3n) is 4.28. The van der Waals surface area contributed by atoms with E-state index in [1.807, 2.05) is 12.3 Å². The highest BCUT2D eigenvalue weighted by Gasteiger charge is 2.23. The topological polar surface area (TPSA) is 44.3 Å². The quantitative estimate of drug-likeness (QED) is 0.938. The maximum absolute atomic E-state index is 4.66. The van der Waals surface area contributed by atoms with E-state index in [9.17, 15) is 0 Å². The monoisotopic (exact) mass is 295 g/mol. The van der Waals surface area contributed by atoms with E-state index >= 15 is 0 Å². The molecule has 1 aromatic heterocycles. The molecule has 22 heavy (non-hydrogen) atoms. The van der Waals surface area contributed by atoms with Crippen molar-refractivity contribution in [3.8, 4) is 0 Å². The van der Waals surface area contributed by atoms with Gasteiger partial charge in [0.2, 0.25) is 5.95 Å². The van der Waals surface area contributed by atoms with Crippen LogP contribution in [0.5, 0.6) is 0 Å². The van der Waals surface area contributed by atoms with Gasteiger partial charge in [0.05, 0.1) is 0 Å². The predicted octanol–water partition coefficient (Wildman–Crippen LogP) is 2.38. The van der Waals surface area contributed by atoms with Crippen LogP contribution in [0.2, 0.25) is 0 Å². The van der Waals surface area contributed by atoms with Crippen LogP contribution in [0.15, 0.2) is 42.6 Å². The van der Waals surface area contributed by atoms with Crippen LogP contribution in [-0.2, 0) is 0 Å². The van der Waals surface area contributed by atoms with Crippen molar-refractivity contribution in [2.45, 2.75) is 18.9 Å². The van der Waals surface area contributed by atoms with Crippen LogP contribution in [0.1, 0.15) is 12.8 Å². The number of hydrogen-bond acceptors (Lipinski definition) is 5. The van der Waals surface area contributed by atoms with Gasteiger partial charge in [0, 0.05) is 44.1 Å². The van der Waals surface area contributed by atoms with Gasteiger partial charge >= 0.3 is 0 Å². The number of nitrogens with one attached hydrogen (secondary N) is 1. The number of anilines is 3. The average Bonchev–Trinajstić information content (AvgIpc) is 3.40. The minimum Gasteiger partial charge on any atom is -0.368 e. The van der Waals surface area contributed by atoms with Gasteiger partial charge in [-0.1, -0.05) is 18.2 Å². The Bertz CT molecular complexity index is 618. The van der Waals surface area contributed by atoms with E-state index in [4.69, 9.17) is 0 Å². The van der Waals surface area contributed by atoms with E-state index < -0.39 is 0 Å². The van der Waals surface area contributed by atoms with Crippen molar-refractivity contribution in [2.24, 2.45) is 0 Å². The molecule has 0 radical (unpaired) electrons. The predicted molar refractivity (Wildman–Crippen MR) is 89.5 cm³/mol.